The number of halogens is 2. The van der Waals surface area contributed by atoms with Crippen LogP contribution in [0.4, 0.5) is 0 Å². The topological polar surface area (TPSA) is 62.5 Å². The third kappa shape index (κ3) is 3.83. The van der Waals surface area contributed by atoms with Crippen LogP contribution in [0.5, 0.6) is 0 Å². The van der Waals surface area contributed by atoms with E-state index in [1.165, 1.54) is 0 Å². The SMILES string of the molecule is O=C(O)CNCc1ccc(-c2ccc(Br)cc2Cl)o1. The summed E-state index contributed by atoms with van der Waals surface area (Å²) in [6.07, 6.45) is 0. The number of carboxylic acid groups (broad SMARTS) is 1. The highest BCUT2D eigenvalue weighted by Gasteiger charge is 2.09. The number of rotatable bonds is 5. The van der Waals surface area contributed by atoms with Gasteiger partial charge >= 0.3 is 5.97 Å². The van der Waals surface area contributed by atoms with Gasteiger partial charge in [0.25, 0.3) is 0 Å². The number of carboxylic acids is 1. The minimum atomic E-state index is -0.900. The molecule has 19 heavy (non-hydrogen) atoms. The van der Waals surface area contributed by atoms with Crippen LogP contribution in [0.2, 0.25) is 5.02 Å². The summed E-state index contributed by atoms with van der Waals surface area (Å²) in [5.74, 6) is 0.419. The highest BCUT2D eigenvalue weighted by Crippen LogP contribution is 2.31. The Morgan fingerprint density at radius 2 is 2.16 bits per heavy atom. The van der Waals surface area contributed by atoms with Crippen molar-refractivity contribution in [2.24, 2.45) is 0 Å². The van der Waals surface area contributed by atoms with Crippen LogP contribution in [0.3, 0.4) is 0 Å². The van der Waals surface area contributed by atoms with E-state index in [1.807, 2.05) is 18.2 Å². The Kier molecular flexibility index (Phi) is 4.63. The molecule has 1 heterocycles. The van der Waals surface area contributed by atoms with Gasteiger partial charge in [-0.2, -0.15) is 0 Å². The van der Waals surface area contributed by atoms with Gasteiger partial charge in [-0.15, -0.1) is 0 Å². The quantitative estimate of drug-likeness (QED) is 0.871. The van der Waals surface area contributed by atoms with Gasteiger partial charge in [-0.05, 0) is 30.3 Å². The van der Waals surface area contributed by atoms with Crippen molar-refractivity contribution in [2.45, 2.75) is 6.54 Å². The molecule has 0 unspecified atom stereocenters. The maximum atomic E-state index is 10.4. The smallest absolute Gasteiger partial charge is 0.317 e. The maximum absolute atomic E-state index is 10.4. The van der Waals surface area contributed by atoms with Gasteiger partial charge in [-0.3, -0.25) is 10.1 Å². The van der Waals surface area contributed by atoms with Crippen molar-refractivity contribution in [3.8, 4) is 11.3 Å². The number of furan rings is 1. The second-order valence-corrected chi connectivity index (χ2v) is 5.21. The summed E-state index contributed by atoms with van der Waals surface area (Å²) in [5.41, 5.74) is 0.800. The number of hydrogen-bond donors (Lipinski definition) is 2. The van der Waals surface area contributed by atoms with Crippen molar-refractivity contribution in [2.75, 3.05) is 6.54 Å². The minimum absolute atomic E-state index is 0.102. The van der Waals surface area contributed by atoms with Crippen molar-refractivity contribution in [1.29, 1.82) is 0 Å². The molecule has 2 aromatic rings. The van der Waals surface area contributed by atoms with Crippen LogP contribution in [-0.4, -0.2) is 17.6 Å². The first kappa shape index (κ1) is 14.1. The molecule has 0 saturated carbocycles. The van der Waals surface area contributed by atoms with Gasteiger partial charge in [0.1, 0.15) is 11.5 Å². The molecule has 1 aromatic carbocycles. The molecule has 0 spiro atoms. The third-order valence-corrected chi connectivity index (χ3v) is 3.24. The van der Waals surface area contributed by atoms with Gasteiger partial charge in [-0.25, -0.2) is 0 Å². The standard InChI is InChI=1S/C13H11BrClNO3/c14-8-1-3-10(11(15)5-8)12-4-2-9(19-12)6-16-7-13(17)18/h1-5,16H,6-7H2,(H,17,18). The summed E-state index contributed by atoms with van der Waals surface area (Å²) in [6.45, 7) is 0.259. The van der Waals surface area contributed by atoms with E-state index < -0.39 is 5.97 Å². The lowest BCUT2D eigenvalue weighted by Gasteiger charge is -2.02. The van der Waals surface area contributed by atoms with E-state index in [1.54, 1.807) is 12.1 Å². The number of aliphatic carboxylic acids is 1. The molecule has 6 heteroatoms. The first-order valence-electron chi connectivity index (χ1n) is 5.53. The summed E-state index contributed by atoms with van der Waals surface area (Å²) in [5, 5.41) is 11.9. The molecule has 0 bridgehead atoms. The van der Waals surface area contributed by atoms with E-state index in [4.69, 9.17) is 21.1 Å². The zero-order valence-electron chi connectivity index (χ0n) is 9.82. The molecule has 2 rings (SSSR count). The van der Waals surface area contributed by atoms with Crippen LogP contribution >= 0.6 is 27.5 Å². The molecule has 0 radical (unpaired) electrons. The highest BCUT2D eigenvalue weighted by atomic mass is 79.9. The largest absolute Gasteiger partial charge is 0.480 e. The van der Waals surface area contributed by atoms with Crippen molar-refractivity contribution in [3.63, 3.8) is 0 Å². The van der Waals surface area contributed by atoms with Gasteiger partial charge in [0.15, 0.2) is 0 Å². The molecule has 4 nitrogen and oxygen atoms in total. The van der Waals surface area contributed by atoms with Crippen molar-refractivity contribution in [1.82, 2.24) is 5.32 Å². The lowest BCUT2D eigenvalue weighted by Crippen LogP contribution is -2.21. The normalized spacial score (nSPS) is 10.6. The van der Waals surface area contributed by atoms with Crippen LogP contribution in [0.15, 0.2) is 39.2 Å². The molecule has 0 aliphatic heterocycles. The van der Waals surface area contributed by atoms with Gasteiger partial charge < -0.3 is 9.52 Å². The number of benzene rings is 1. The fourth-order valence-corrected chi connectivity index (χ4v) is 2.37. The van der Waals surface area contributed by atoms with E-state index in [0.717, 1.165) is 10.0 Å². The molecule has 2 N–H and O–H groups in total. The van der Waals surface area contributed by atoms with Gasteiger partial charge in [0.2, 0.25) is 0 Å². The Morgan fingerprint density at radius 1 is 1.37 bits per heavy atom. The predicted molar refractivity (Wildman–Crippen MR) is 76.2 cm³/mol. The number of hydrogen-bond acceptors (Lipinski definition) is 3. The van der Waals surface area contributed by atoms with Gasteiger partial charge in [0, 0.05) is 10.0 Å². The van der Waals surface area contributed by atoms with Crippen molar-refractivity contribution >= 4 is 33.5 Å². The van der Waals surface area contributed by atoms with Crippen LogP contribution in [0, 0.1) is 0 Å². The Balaban J connectivity index is 2.10. The maximum Gasteiger partial charge on any atom is 0.317 e. The zero-order valence-corrected chi connectivity index (χ0v) is 12.2. The molecule has 0 fully saturated rings. The van der Waals surface area contributed by atoms with Crippen LogP contribution in [0.25, 0.3) is 11.3 Å². The lowest BCUT2D eigenvalue weighted by molar-refractivity contribution is -0.136. The fraction of sp³-hybridized carbons (Fsp3) is 0.154. The Hall–Kier alpha value is -1.30. The first-order valence-corrected chi connectivity index (χ1v) is 6.70. The van der Waals surface area contributed by atoms with Crippen LogP contribution in [-0.2, 0) is 11.3 Å². The van der Waals surface area contributed by atoms with E-state index in [-0.39, 0.29) is 6.54 Å². The molecule has 0 saturated heterocycles. The van der Waals surface area contributed by atoms with E-state index >= 15 is 0 Å². The summed E-state index contributed by atoms with van der Waals surface area (Å²) in [7, 11) is 0. The Bertz CT molecular complexity index is 597. The zero-order chi connectivity index (χ0) is 13.8. The number of carbonyl (C=O) groups is 1. The Morgan fingerprint density at radius 3 is 2.84 bits per heavy atom. The van der Waals surface area contributed by atoms with E-state index in [0.29, 0.717) is 23.1 Å². The van der Waals surface area contributed by atoms with Crippen LogP contribution in [0.1, 0.15) is 5.76 Å². The lowest BCUT2D eigenvalue weighted by atomic mass is 10.2. The molecular formula is C13H11BrClNO3. The molecular weight excluding hydrogens is 334 g/mol. The van der Waals surface area contributed by atoms with Crippen molar-refractivity contribution in [3.05, 3.63) is 45.6 Å². The Labute approximate surface area is 123 Å². The molecule has 0 atom stereocenters. The monoisotopic (exact) mass is 343 g/mol. The summed E-state index contributed by atoms with van der Waals surface area (Å²) >= 11 is 9.48. The minimum Gasteiger partial charge on any atom is -0.480 e. The highest BCUT2D eigenvalue weighted by molar-refractivity contribution is 9.10. The predicted octanol–water partition coefficient (Wildman–Crippen LogP) is 3.54. The summed E-state index contributed by atoms with van der Waals surface area (Å²) < 4.78 is 6.52. The van der Waals surface area contributed by atoms with Gasteiger partial charge in [0.05, 0.1) is 18.1 Å². The van der Waals surface area contributed by atoms with E-state index in [9.17, 15) is 4.79 Å². The second kappa shape index (κ2) is 6.23. The van der Waals surface area contributed by atoms with Crippen molar-refractivity contribution < 1.29 is 14.3 Å². The third-order valence-electron chi connectivity index (χ3n) is 2.43. The molecule has 100 valence electrons. The second-order valence-electron chi connectivity index (χ2n) is 3.89. The average Bonchev–Trinajstić information content (AvgIpc) is 2.77. The molecule has 0 aliphatic rings. The van der Waals surface area contributed by atoms with Gasteiger partial charge in [-0.1, -0.05) is 27.5 Å². The van der Waals surface area contributed by atoms with Crippen LogP contribution < -0.4 is 5.32 Å². The fourth-order valence-electron chi connectivity index (χ4n) is 1.60. The average molecular weight is 345 g/mol. The van der Waals surface area contributed by atoms with E-state index in [2.05, 4.69) is 21.2 Å². The number of nitrogens with one attached hydrogen (secondary N) is 1. The first-order chi connectivity index (χ1) is 9.06. The molecule has 1 aromatic heterocycles. The summed E-state index contributed by atoms with van der Waals surface area (Å²) in [4.78, 5) is 10.4. The summed E-state index contributed by atoms with van der Waals surface area (Å²) in [6, 6.07) is 9.14. The molecule has 0 amide bonds. The molecule has 0 aliphatic carbocycles.